The van der Waals surface area contributed by atoms with Crippen LogP contribution in [0.3, 0.4) is 0 Å². The molecule has 9 aromatic rings. The largest absolute Gasteiger partial charge is 0.313 e. The third kappa shape index (κ3) is 6.06. The molecule has 10 rings (SSSR count). The van der Waals surface area contributed by atoms with Crippen molar-refractivity contribution in [3.63, 3.8) is 0 Å². The van der Waals surface area contributed by atoms with Gasteiger partial charge in [-0.25, -0.2) is 0 Å². The number of hydrogen-bond acceptors (Lipinski definition) is 1. The molecule has 0 saturated carbocycles. The highest BCUT2D eigenvalue weighted by Gasteiger charge is 2.27. The Morgan fingerprint density at radius 1 is 0.534 bits per heavy atom. The molecule has 0 unspecified atom stereocenters. The summed E-state index contributed by atoms with van der Waals surface area (Å²) in [6.45, 7) is 9.05. The third-order valence-electron chi connectivity index (χ3n) is 12.1. The minimum atomic E-state index is -0.170. The van der Waals surface area contributed by atoms with Crippen LogP contribution in [0.5, 0.6) is 0 Å². The molecule has 1 aromatic heterocycles. The summed E-state index contributed by atoms with van der Waals surface area (Å²) in [4.78, 5) is 2.40. The molecule has 1 aliphatic rings. The second kappa shape index (κ2) is 14.4. The smallest absolute Gasteiger partial charge is 0.0540 e. The predicted octanol–water partition coefficient (Wildman–Crippen LogP) is 15.2. The average Bonchev–Trinajstić information content (AvgIpc) is 3.62. The van der Waals surface area contributed by atoms with E-state index in [1.165, 1.54) is 71.7 Å². The first-order chi connectivity index (χ1) is 28.5. The summed E-state index contributed by atoms with van der Waals surface area (Å²) in [6, 6.07) is 68.4. The lowest BCUT2D eigenvalue weighted by Crippen LogP contribution is -2.20. The van der Waals surface area contributed by atoms with Crippen molar-refractivity contribution in [3.8, 4) is 22.3 Å². The number of fused-ring (bicyclic) bond motifs is 5. The Labute approximate surface area is 341 Å². The topological polar surface area (TPSA) is 8.17 Å². The van der Waals surface area contributed by atoms with Gasteiger partial charge in [0.1, 0.15) is 0 Å². The zero-order chi connectivity index (χ0) is 39.2. The zero-order valence-corrected chi connectivity index (χ0v) is 32.9. The van der Waals surface area contributed by atoms with Crippen LogP contribution in [0.25, 0.3) is 60.5 Å². The summed E-state index contributed by atoms with van der Waals surface area (Å²) >= 11 is 0. The molecule has 0 spiro atoms. The number of rotatable bonds is 6. The second-order valence-electron chi connectivity index (χ2n) is 15.9. The third-order valence-corrected chi connectivity index (χ3v) is 12.1. The lowest BCUT2D eigenvalue weighted by molar-refractivity contribution is 0.635. The number of anilines is 3. The standard InChI is InChI=1S/C56H44N2/c1-39-18-15-26-46(37-44-20-8-12-30-51(44)56(39,2)3)58-54-32-14-11-29-49(54)50-38-42(34-35-55(50)58)41-22-16-23-43(36-41)48-28-10-13-31-52(48)57(45-24-5-4-6-25-45)53-33-17-21-40-19-7-9-27-47(40)53/h4-36,38H,1,37H2,2-3H3/b18-15-,46-26+. The van der Waals surface area contributed by atoms with Crippen LogP contribution >= 0.6 is 0 Å². The predicted molar refractivity (Wildman–Crippen MR) is 248 cm³/mol. The van der Waals surface area contributed by atoms with Gasteiger partial charge >= 0.3 is 0 Å². The van der Waals surface area contributed by atoms with E-state index in [4.69, 9.17) is 0 Å². The highest BCUT2D eigenvalue weighted by atomic mass is 15.1. The fraction of sp³-hybridized carbons (Fsp3) is 0.0714. The Morgan fingerprint density at radius 2 is 1.19 bits per heavy atom. The van der Waals surface area contributed by atoms with Crippen molar-refractivity contribution in [2.75, 3.05) is 4.90 Å². The van der Waals surface area contributed by atoms with Crippen molar-refractivity contribution in [2.45, 2.75) is 25.7 Å². The van der Waals surface area contributed by atoms with E-state index in [-0.39, 0.29) is 5.41 Å². The van der Waals surface area contributed by atoms with Crippen LogP contribution in [-0.4, -0.2) is 4.57 Å². The highest BCUT2D eigenvalue weighted by Crippen LogP contribution is 2.44. The highest BCUT2D eigenvalue weighted by molar-refractivity contribution is 6.11. The SMILES string of the molecule is C=C1/C=C\C=C(\n2c3ccccc3c3cc(-c4cccc(-c5ccccc5N(c5ccccc5)c5cccc6ccccc56)c4)ccc32)Cc2ccccc2C1(C)C. The van der Waals surface area contributed by atoms with Crippen LogP contribution in [-0.2, 0) is 11.8 Å². The Morgan fingerprint density at radius 3 is 2.09 bits per heavy atom. The van der Waals surface area contributed by atoms with Crippen molar-refractivity contribution < 1.29 is 0 Å². The fourth-order valence-corrected chi connectivity index (χ4v) is 8.98. The van der Waals surface area contributed by atoms with Crippen molar-refractivity contribution in [1.82, 2.24) is 4.57 Å². The summed E-state index contributed by atoms with van der Waals surface area (Å²) in [5, 5.41) is 4.92. The first-order valence-electron chi connectivity index (χ1n) is 20.2. The molecular formula is C56H44N2. The minimum absolute atomic E-state index is 0.170. The van der Waals surface area contributed by atoms with E-state index in [0.717, 1.165) is 29.1 Å². The molecule has 0 fully saturated rings. The maximum Gasteiger partial charge on any atom is 0.0540 e. The Bertz CT molecular complexity index is 3080. The van der Waals surface area contributed by atoms with Gasteiger partial charge < -0.3 is 9.47 Å². The van der Waals surface area contributed by atoms with E-state index >= 15 is 0 Å². The van der Waals surface area contributed by atoms with E-state index in [0.29, 0.717) is 0 Å². The average molecular weight is 745 g/mol. The molecule has 2 heteroatoms. The lowest BCUT2D eigenvalue weighted by Gasteiger charge is -2.29. The number of para-hydroxylation sites is 3. The molecule has 0 N–H and O–H groups in total. The number of aromatic nitrogens is 1. The van der Waals surface area contributed by atoms with Gasteiger partial charge in [-0.1, -0.05) is 172 Å². The molecule has 0 radical (unpaired) electrons. The molecule has 8 aromatic carbocycles. The number of allylic oxidation sites excluding steroid dienone is 5. The summed E-state index contributed by atoms with van der Waals surface area (Å²) in [5.41, 5.74) is 15.4. The van der Waals surface area contributed by atoms with Gasteiger partial charge in [0.05, 0.1) is 22.4 Å². The first kappa shape index (κ1) is 35.3. The van der Waals surface area contributed by atoms with Crippen LogP contribution in [0.15, 0.2) is 218 Å². The van der Waals surface area contributed by atoms with Gasteiger partial charge in [0, 0.05) is 44.9 Å². The summed E-state index contributed by atoms with van der Waals surface area (Å²) in [6.07, 6.45) is 7.46. The van der Waals surface area contributed by atoms with E-state index in [9.17, 15) is 0 Å². The van der Waals surface area contributed by atoms with E-state index in [1.54, 1.807) is 0 Å². The van der Waals surface area contributed by atoms with Gasteiger partial charge in [-0.2, -0.15) is 0 Å². The zero-order valence-electron chi connectivity index (χ0n) is 32.9. The van der Waals surface area contributed by atoms with Gasteiger partial charge in [0.15, 0.2) is 0 Å². The van der Waals surface area contributed by atoms with E-state index in [1.807, 2.05) is 0 Å². The monoisotopic (exact) mass is 744 g/mol. The maximum absolute atomic E-state index is 4.49. The van der Waals surface area contributed by atoms with Gasteiger partial charge in [0.2, 0.25) is 0 Å². The summed E-state index contributed by atoms with van der Waals surface area (Å²) < 4.78 is 2.47. The van der Waals surface area contributed by atoms with Crippen molar-refractivity contribution in [2.24, 2.45) is 0 Å². The maximum atomic E-state index is 4.49. The molecular weight excluding hydrogens is 701 g/mol. The quantitative estimate of drug-likeness (QED) is 0.165. The molecule has 0 saturated heterocycles. The molecule has 2 nitrogen and oxygen atoms in total. The molecule has 0 aliphatic heterocycles. The molecule has 1 aliphatic carbocycles. The van der Waals surface area contributed by atoms with Gasteiger partial charge in [0.25, 0.3) is 0 Å². The molecule has 1 heterocycles. The lowest BCUT2D eigenvalue weighted by atomic mass is 9.76. The van der Waals surface area contributed by atoms with E-state index in [2.05, 4.69) is 236 Å². The van der Waals surface area contributed by atoms with Crippen LogP contribution in [0, 0.1) is 0 Å². The molecule has 278 valence electrons. The van der Waals surface area contributed by atoms with Crippen molar-refractivity contribution in [3.05, 3.63) is 230 Å². The fourth-order valence-electron chi connectivity index (χ4n) is 8.98. The molecule has 0 bridgehead atoms. The van der Waals surface area contributed by atoms with Crippen molar-refractivity contribution in [1.29, 1.82) is 0 Å². The van der Waals surface area contributed by atoms with Gasteiger partial charge in [-0.3, -0.25) is 0 Å². The van der Waals surface area contributed by atoms with Gasteiger partial charge in [-0.05, 0) is 93.4 Å². The Balaban J connectivity index is 1.09. The normalized spacial score (nSPS) is 15.3. The first-order valence-corrected chi connectivity index (χ1v) is 20.2. The van der Waals surface area contributed by atoms with Crippen LogP contribution in [0.1, 0.15) is 25.0 Å². The minimum Gasteiger partial charge on any atom is -0.313 e. The molecule has 58 heavy (non-hydrogen) atoms. The summed E-state index contributed by atoms with van der Waals surface area (Å²) in [5.74, 6) is 0. The van der Waals surface area contributed by atoms with Crippen LogP contribution in [0.4, 0.5) is 17.1 Å². The van der Waals surface area contributed by atoms with Crippen LogP contribution in [0.2, 0.25) is 0 Å². The van der Waals surface area contributed by atoms with Crippen LogP contribution < -0.4 is 4.90 Å². The Hall–Kier alpha value is -7.16. The molecule has 0 amide bonds. The summed E-state index contributed by atoms with van der Waals surface area (Å²) in [7, 11) is 0. The van der Waals surface area contributed by atoms with Crippen molar-refractivity contribution >= 4 is 55.3 Å². The number of nitrogens with zero attached hydrogens (tertiary/aromatic N) is 2. The number of hydrogen-bond donors (Lipinski definition) is 0. The Kier molecular flexibility index (Phi) is 8.76. The molecule has 0 atom stereocenters. The second-order valence-corrected chi connectivity index (χ2v) is 15.9. The number of benzene rings is 8. The van der Waals surface area contributed by atoms with E-state index < -0.39 is 0 Å². The van der Waals surface area contributed by atoms with Gasteiger partial charge in [-0.15, -0.1) is 0 Å².